The molecule has 0 spiro atoms. The number of hydrogen-bond donors (Lipinski definition) is 1. The van der Waals surface area contributed by atoms with Gasteiger partial charge in [-0.05, 0) is 17.7 Å². The van der Waals surface area contributed by atoms with Crippen LogP contribution in [0.3, 0.4) is 0 Å². The van der Waals surface area contributed by atoms with Crippen molar-refractivity contribution in [3.8, 4) is 11.8 Å². The summed E-state index contributed by atoms with van der Waals surface area (Å²) in [5.74, 6) is 0.405. The molecule has 1 saturated heterocycles. The summed E-state index contributed by atoms with van der Waals surface area (Å²) < 4.78 is 5.27. The molecule has 3 rings (SSSR count). The first-order valence-electron chi connectivity index (χ1n) is 9.26. The molecular weight excluding hydrogens is 352 g/mol. The van der Waals surface area contributed by atoms with Crippen LogP contribution in [0.5, 0.6) is 5.75 Å². The molecule has 1 aliphatic rings. The molecule has 1 heterocycles. The zero-order valence-electron chi connectivity index (χ0n) is 16.0. The highest BCUT2D eigenvalue weighted by molar-refractivity contribution is 5.97. The SMILES string of the molecule is COc1ccccc1N/C=C(/C#N)C(=O)N1CCN(Cc2ccccc2)CC1. The first kappa shape index (κ1) is 19.5. The summed E-state index contributed by atoms with van der Waals surface area (Å²) in [6.45, 7) is 3.68. The van der Waals surface area contributed by atoms with Gasteiger partial charge in [0.1, 0.15) is 17.4 Å². The van der Waals surface area contributed by atoms with Gasteiger partial charge in [-0.25, -0.2) is 0 Å². The Hall–Kier alpha value is -3.30. The van der Waals surface area contributed by atoms with Crippen molar-refractivity contribution in [2.24, 2.45) is 0 Å². The molecule has 0 aliphatic carbocycles. The van der Waals surface area contributed by atoms with E-state index in [1.807, 2.05) is 48.5 Å². The van der Waals surface area contributed by atoms with Gasteiger partial charge in [0.2, 0.25) is 0 Å². The lowest BCUT2D eigenvalue weighted by Gasteiger charge is -2.34. The predicted molar refractivity (Wildman–Crippen MR) is 109 cm³/mol. The van der Waals surface area contributed by atoms with Gasteiger partial charge in [-0.3, -0.25) is 9.69 Å². The van der Waals surface area contributed by atoms with E-state index in [0.29, 0.717) is 24.5 Å². The second kappa shape index (κ2) is 9.58. The number of ether oxygens (including phenoxy) is 1. The molecule has 0 saturated carbocycles. The third-order valence-electron chi connectivity index (χ3n) is 4.74. The number of carbonyl (C=O) groups excluding carboxylic acids is 1. The number of benzene rings is 2. The van der Waals surface area contributed by atoms with Crippen molar-refractivity contribution in [2.45, 2.75) is 6.54 Å². The molecule has 2 aromatic carbocycles. The minimum Gasteiger partial charge on any atom is -0.495 e. The number of para-hydroxylation sites is 2. The standard InChI is InChI=1S/C22H24N4O2/c1-28-21-10-6-5-9-20(21)24-16-19(15-23)22(27)26-13-11-25(12-14-26)17-18-7-3-2-4-8-18/h2-10,16,24H,11-14,17H2,1H3/b19-16-. The zero-order chi connectivity index (χ0) is 19.8. The predicted octanol–water partition coefficient (Wildman–Crippen LogP) is 2.86. The Morgan fingerprint density at radius 1 is 1.11 bits per heavy atom. The smallest absolute Gasteiger partial charge is 0.266 e. The highest BCUT2D eigenvalue weighted by atomic mass is 16.5. The third kappa shape index (κ3) is 4.90. The quantitative estimate of drug-likeness (QED) is 0.620. The van der Waals surface area contributed by atoms with E-state index in [4.69, 9.17) is 4.74 Å². The van der Waals surface area contributed by atoms with Gasteiger partial charge < -0.3 is 15.0 Å². The maximum atomic E-state index is 12.7. The summed E-state index contributed by atoms with van der Waals surface area (Å²) in [4.78, 5) is 16.8. The third-order valence-corrected chi connectivity index (χ3v) is 4.74. The summed E-state index contributed by atoms with van der Waals surface area (Å²) in [7, 11) is 1.58. The van der Waals surface area contributed by atoms with Crippen molar-refractivity contribution in [1.82, 2.24) is 9.80 Å². The normalized spacial score (nSPS) is 15.0. The van der Waals surface area contributed by atoms with Crippen LogP contribution in [0, 0.1) is 11.3 Å². The number of carbonyl (C=O) groups is 1. The van der Waals surface area contributed by atoms with Crippen LogP contribution in [-0.2, 0) is 11.3 Å². The molecule has 0 radical (unpaired) electrons. The molecule has 0 bridgehead atoms. The molecule has 0 aromatic heterocycles. The largest absolute Gasteiger partial charge is 0.495 e. The highest BCUT2D eigenvalue weighted by Crippen LogP contribution is 2.23. The molecule has 1 N–H and O–H groups in total. The number of nitrogens with zero attached hydrogens (tertiary/aromatic N) is 3. The van der Waals surface area contributed by atoms with E-state index in [1.54, 1.807) is 12.0 Å². The maximum absolute atomic E-state index is 12.7. The highest BCUT2D eigenvalue weighted by Gasteiger charge is 2.23. The fourth-order valence-corrected chi connectivity index (χ4v) is 3.18. The number of nitriles is 1. The van der Waals surface area contributed by atoms with E-state index in [-0.39, 0.29) is 11.5 Å². The van der Waals surface area contributed by atoms with Gasteiger partial charge in [0, 0.05) is 38.9 Å². The first-order valence-corrected chi connectivity index (χ1v) is 9.26. The van der Waals surface area contributed by atoms with Crippen LogP contribution >= 0.6 is 0 Å². The number of rotatable bonds is 6. The second-order valence-electron chi connectivity index (χ2n) is 6.57. The van der Waals surface area contributed by atoms with Crippen LogP contribution in [0.2, 0.25) is 0 Å². The second-order valence-corrected chi connectivity index (χ2v) is 6.57. The van der Waals surface area contributed by atoms with Gasteiger partial charge in [0.15, 0.2) is 0 Å². The zero-order valence-corrected chi connectivity index (χ0v) is 16.0. The summed E-state index contributed by atoms with van der Waals surface area (Å²) in [6, 6.07) is 19.7. The number of nitrogens with one attached hydrogen (secondary N) is 1. The van der Waals surface area contributed by atoms with Crippen molar-refractivity contribution >= 4 is 11.6 Å². The topological polar surface area (TPSA) is 68.6 Å². The van der Waals surface area contributed by atoms with Crippen molar-refractivity contribution in [3.05, 3.63) is 71.9 Å². The summed E-state index contributed by atoms with van der Waals surface area (Å²) in [5, 5.41) is 12.4. The van der Waals surface area contributed by atoms with Crippen molar-refractivity contribution in [1.29, 1.82) is 5.26 Å². The molecule has 6 nitrogen and oxygen atoms in total. The van der Waals surface area contributed by atoms with Gasteiger partial charge in [-0.1, -0.05) is 42.5 Å². The molecule has 28 heavy (non-hydrogen) atoms. The van der Waals surface area contributed by atoms with Gasteiger partial charge in [0.05, 0.1) is 12.8 Å². The monoisotopic (exact) mass is 376 g/mol. The lowest BCUT2D eigenvalue weighted by atomic mass is 10.2. The van der Waals surface area contributed by atoms with Gasteiger partial charge >= 0.3 is 0 Å². The Bertz CT molecular complexity index is 866. The first-order chi connectivity index (χ1) is 13.7. The van der Waals surface area contributed by atoms with Crippen LogP contribution < -0.4 is 10.1 Å². The van der Waals surface area contributed by atoms with Crippen LogP contribution in [0.4, 0.5) is 5.69 Å². The van der Waals surface area contributed by atoms with Crippen LogP contribution in [-0.4, -0.2) is 49.0 Å². The molecule has 1 fully saturated rings. The Morgan fingerprint density at radius 3 is 2.46 bits per heavy atom. The number of anilines is 1. The molecule has 144 valence electrons. The van der Waals surface area contributed by atoms with E-state index in [1.165, 1.54) is 11.8 Å². The van der Waals surface area contributed by atoms with Crippen molar-refractivity contribution in [3.63, 3.8) is 0 Å². The average molecular weight is 376 g/mol. The van der Waals surface area contributed by atoms with Gasteiger partial charge in [-0.15, -0.1) is 0 Å². The minimum absolute atomic E-state index is 0.0856. The lowest BCUT2D eigenvalue weighted by molar-refractivity contribution is -0.128. The van der Waals surface area contributed by atoms with E-state index in [2.05, 4.69) is 22.3 Å². The summed E-state index contributed by atoms with van der Waals surface area (Å²) in [6.07, 6.45) is 1.45. The van der Waals surface area contributed by atoms with Gasteiger partial charge in [0.25, 0.3) is 5.91 Å². The van der Waals surface area contributed by atoms with Gasteiger partial charge in [-0.2, -0.15) is 5.26 Å². The number of piperazine rings is 1. The number of methoxy groups -OCH3 is 1. The van der Waals surface area contributed by atoms with E-state index in [0.717, 1.165) is 19.6 Å². The Morgan fingerprint density at radius 2 is 1.79 bits per heavy atom. The number of hydrogen-bond acceptors (Lipinski definition) is 5. The van der Waals surface area contributed by atoms with Crippen LogP contribution in [0.15, 0.2) is 66.4 Å². The van der Waals surface area contributed by atoms with E-state index in [9.17, 15) is 10.1 Å². The molecular formula is C22H24N4O2. The fraction of sp³-hybridized carbons (Fsp3) is 0.273. The fourth-order valence-electron chi connectivity index (χ4n) is 3.18. The maximum Gasteiger partial charge on any atom is 0.266 e. The lowest BCUT2D eigenvalue weighted by Crippen LogP contribution is -2.48. The molecule has 0 unspecified atom stereocenters. The Kier molecular flexibility index (Phi) is 6.66. The Balaban J connectivity index is 1.57. The summed E-state index contributed by atoms with van der Waals surface area (Å²) >= 11 is 0. The minimum atomic E-state index is -0.246. The average Bonchev–Trinajstić information content (AvgIpc) is 2.75. The molecule has 1 amide bonds. The van der Waals surface area contributed by atoms with Crippen molar-refractivity contribution in [2.75, 3.05) is 38.6 Å². The van der Waals surface area contributed by atoms with Crippen LogP contribution in [0.1, 0.15) is 5.56 Å². The number of amides is 1. The van der Waals surface area contributed by atoms with Crippen molar-refractivity contribution < 1.29 is 9.53 Å². The molecule has 0 atom stereocenters. The molecule has 2 aromatic rings. The Labute approximate surface area is 165 Å². The molecule has 1 aliphatic heterocycles. The van der Waals surface area contributed by atoms with E-state index < -0.39 is 0 Å². The van der Waals surface area contributed by atoms with Crippen LogP contribution in [0.25, 0.3) is 0 Å². The summed E-state index contributed by atoms with van der Waals surface area (Å²) in [5.41, 5.74) is 2.06. The van der Waals surface area contributed by atoms with E-state index >= 15 is 0 Å². The molecule has 6 heteroatoms.